The lowest BCUT2D eigenvalue weighted by molar-refractivity contribution is -0.140. The molecule has 2 aliphatic rings. The fraction of sp³-hybridized carbons (Fsp3) is 0.500. The molecule has 2 N–H and O–H groups in total. The first-order valence-corrected chi connectivity index (χ1v) is 7.53. The molecule has 118 valence electrons. The van der Waals surface area contributed by atoms with Crippen molar-refractivity contribution >= 4 is 11.9 Å². The van der Waals surface area contributed by atoms with E-state index in [1.807, 2.05) is 25.1 Å². The van der Waals surface area contributed by atoms with Gasteiger partial charge in [0, 0.05) is 0 Å². The number of carbonyl (C=O) groups is 2. The summed E-state index contributed by atoms with van der Waals surface area (Å²) in [6, 6.07) is 5.47. The third-order valence-electron chi connectivity index (χ3n) is 4.14. The van der Waals surface area contributed by atoms with E-state index in [1.54, 1.807) is 0 Å². The summed E-state index contributed by atoms with van der Waals surface area (Å²) in [6.07, 6.45) is 1.15. The number of nitrogens with one attached hydrogen (secondary N) is 1. The van der Waals surface area contributed by atoms with Crippen LogP contribution in [-0.4, -0.2) is 30.2 Å². The number of hydrogen-bond acceptors (Lipinski definition) is 4. The van der Waals surface area contributed by atoms with E-state index in [0.717, 1.165) is 12.0 Å². The zero-order chi connectivity index (χ0) is 15.7. The Labute approximate surface area is 128 Å². The van der Waals surface area contributed by atoms with Crippen LogP contribution >= 0.6 is 0 Å². The van der Waals surface area contributed by atoms with E-state index >= 15 is 0 Å². The van der Waals surface area contributed by atoms with Crippen LogP contribution in [0, 0.1) is 11.8 Å². The standard InChI is InChI=1S/C16H19NO5/c1-2-12(17-15(18)10-8-11(10)16(19)20)9-3-4-13-14(7-9)22-6-5-21-13/h3-4,7,10-12H,2,5-6,8H2,1H3,(H,17,18)(H,19,20)/t10-,11+,12-/m0/s1. The highest BCUT2D eigenvalue weighted by Gasteiger charge is 2.48. The van der Waals surface area contributed by atoms with Gasteiger partial charge in [-0.15, -0.1) is 0 Å². The summed E-state index contributed by atoms with van der Waals surface area (Å²) in [7, 11) is 0. The Morgan fingerprint density at radius 1 is 1.27 bits per heavy atom. The summed E-state index contributed by atoms with van der Waals surface area (Å²) < 4.78 is 11.0. The average Bonchev–Trinajstić information content (AvgIpc) is 3.33. The fourth-order valence-corrected chi connectivity index (χ4v) is 2.73. The maximum Gasteiger partial charge on any atom is 0.307 e. The normalized spacial score (nSPS) is 23.5. The Bertz CT molecular complexity index is 600. The third kappa shape index (κ3) is 2.86. The summed E-state index contributed by atoms with van der Waals surface area (Å²) in [5, 5.41) is 11.8. The van der Waals surface area contributed by atoms with Gasteiger partial charge in [0.15, 0.2) is 11.5 Å². The molecule has 0 radical (unpaired) electrons. The molecule has 1 aliphatic heterocycles. The quantitative estimate of drug-likeness (QED) is 0.865. The van der Waals surface area contributed by atoms with Gasteiger partial charge in [0.1, 0.15) is 13.2 Å². The monoisotopic (exact) mass is 305 g/mol. The fourth-order valence-electron chi connectivity index (χ4n) is 2.73. The number of hydrogen-bond donors (Lipinski definition) is 2. The second-order valence-electron chi connectivity index (χ2n) is 5.66. The molecule has 1 aromatic carbocycles. The summed E-state index contributed by atoms with van der Waals surface area (Å²) in [5.41, 5.74) is 0.938. The van der Waals surface area contributed by atoms with Gasteiger partial charge in [-0.3, -0.25) is 9.59 Å². The third-order valence-corrected chi connectivity index (χ3v) is 4.14. The molecule has 0 spiro atoms. The highest BCUT2D eigenvalue weighted by Crippen LogP contribution is 2.39. The molecule has 1 aromatic rings. The molecule has 6 nitrogen and oxygen atoms in total. The molecule has 0 aromatic heterocycles. The number of carbonyl (C=O) groups excluding carboxylic acids is 1. The highest BCUT2D eigenvalue weighted by atomic mass is 16.6. The minimum Gasteiger partial charge on any atom is -0.486 e. The molecule has 1 heterocycles. The lowest BCUT2D eigenvalue weighted by atomic mass is 10.0. The van der Waals surface area contributed by atoms with Crippen LogP contribution in [0.5, 0.6) is 11.5 Å². The number of aliphatic carboxylic acids is 1. The Balaban J connectivity index is 1.69. The summed E-state index contributed by atoms with van der Waals surface area (Å²) >= 11 is 0. The summed E-state index contributed by atoms with van der Waals surface area (Å²) in [4.78, 5) is 23.0. The SMILES string of the molecule is CC[C@H](NC(=O)[C@H]1C[C@H]1C(=O)O)c1ccc2c(c1)OCCO2. The van der Waals surface area contributed by atoms with E-state index in [0.29, 0.717) is 31.1 Å². The van der Waals surface area contributed by atoms with Gasteiger partial charge in [0.05, 0.1) is 17.9 Å². The van der Waals surface area contributed by atoms with E-state index in [4.69, 9.17) is 14.6 Å². The lowest BCUT2D eigenvalue weighted by Gasteiger charge is -2.22. The maximum atomic E-state index is 12.1. The smallest absolute Gasteiger partial charge is 0.307 e. The van der Waals surface area contributed by atoms with Gasteiger partial charge in [-0.1, -0.05) is 13.0 Å². The van der Waals surface area contributed by atoms with Crippen molar-refractivity contribution in [3.05, 3.63) is 23.8 Å². The minimum absolute atomic E-state index is 0.154. The predicted octanol–water partition coefficient (Wildman–Crippen LogP) is 1.75. The number of carboxylic acid groups (broad SMARTS) is 1. The van der Waals surface area contributed by atoms with Crippen LogP contribution in [-0.2, 0) is 9.59 Å². The molecule has 22 heavy (non-hydrogen) atoms. The van der Waals surface area contributed by atoms with Crippen LogP contribution in [0.4, 0.5) is 0 Å². The lowest BCUT2D eigenvalue weighted by Crippen LogP contribution is -2.30. The Kier molecular flexibility index (Phi) is 3.92. The molecule has 1 fully saturated rings. The second kappa shape index (κ2) is 5.87. The highest BCUT2D eigenvalue weighted by molar-refractivity contribution is 5.89. The first-order chi connectivity index (χ1) is 10.6. The van der Waals surface area contributed by atoms with Gasteiger partial charge < -0.3 is 19.9 Å². The van der Waals surface area contributed by atoms with Gasteiger partial charge in [-0.2, -0.15) is 0 Å². The molecule has 0 bridgehead atoms. The molecule has 1 amide bonds. The Morgan fingerprint density at radius 2 is 2.00 bits per heavy atom. The average molecular weight is 305 g/mol. The Hall–Kier alpha value is -2.24. The maximum absolute atomic E-state index is 12.1. The summed E-state index contributed by atoms with van der Waals surface area (Å²) in [5.74, 6) is -0.612. The molecule has 1 saturated carbocycles. The number of carboxylic acids is 1. The van der Waals surface area contributed by atoms with Crippen LogP contribution < -0.4 is 14.8 Å². The number of ether oxygens (including phenoxy) is 2. The number of amides is 1. The van der Waals surface area contributed by atoms with E-state index in [1.165, 1.54) is 0 Å². The molecule has 1 aliphatic carbocycles. The van der Waals surface area contributed by atoms with Gasteiger partial charge in [0.2, 0.25) is 5.91 Å². The van der Waals surface area contributed by atoms with Crippen LogP contribution in [0.1, 0.15) is 31.4 Å². The van der Waals surface area contributed by atoms with Gasteiger partial charge >= 0.3 is 5.97 Å². The number of fused-ring (bicyclic) bond motifs is 1. The van der Waals surface area contributed by atoms with E-state index in [9.17, 15) is 9.59 Å². The van der Waals surface area contributed by atoms with Crippen molar-refractivity contribution in [3.63, 3.8) is 0 Å². The molecular weight excluding hydrogens is 286 g/mol. The molecular formula is C16H19NO5. The zero-order valence-corrected chi connectivity index (χ0v) is 12.4. The van der Waals surface area contributed by atoms with Crippen molar-refractivity contribution in [1.82, 2.24) is 5.32 Å². The molecule has 3 atom stereocenters. The van der Waals surface area contributed by atoms with E-state index in [-0.39, 0.29) is 11.9 Å². The van der Waals surface area contributed by atoms with Gasteiger partial charge in [0.25, 0.3) is 0 Å². The zero-order valence-electron chi connectivity index (χ0n) is 12.4. The Morgan fingerprint density at radius 3 is 2.64 bits per heavy atom. The van der Waals surface area contributed by atoms with Crippen LogP contribution in [0.25, 0.3) is 0 Å². The minimum atomic E-state index is -0.896. The van der Waals surface area contributed by atoms with Gasteiger partial charge in [-0.05, 0) is 30.5 Å². The second-order valence-corrected chi connectivity index (χ2v) is 5.66. The molecule has 0 saturated heterocycles. The van der Waals surface area contributed by atoms with Crippen molar-refractivity contribution in [2.75, 3.05) is 13.2 Å². The topological polar surface area (TPSA) is 84.9 Å². The molecule has 3 rings (SSSR count). The van der Waals surface area contributed by atoms with Gasteiger partial charge in [-0.25, -0.2) is 0 Å². The molecule has 0 unspecified atom stereocenters. The van der Waals surface area contributed by atoms with Crippen molar-refractivity contribution in [2.45, 2.75) is 25.8 Å². The van der Waals surface area contributed by atoms with E-state index in [2.05, 4.69) is 5.32 Å². The van der Waals surface area contributed by atoms with Crippen molar-refractivity contribution < 1.29 is 24.2 Å². The first-order valence-electron chi connectivity index (χ1n) is 7.53. The van der Waals surface area contributed by atoms with Crippen LogP contribution in [0.2, 0.25) is 0 Å². The van der Waals surface area contributed by atoms with Crippen molar-refractivity contribution in [3.8, 4) is 11.5 Å². The number of rotatable bonds is 5. The first kappa shape index (κ1) is 14.7. The van der Waals surface area contributed by atoms with Crippen molar-refractivity contribution in [1.29, 1.82) is 0 Å². The van der Waals surface area contributed by atoms with Crippen molar-refractivity contribution in [2.24, 2.45) is 11.8 Å². The summed E-state index contributed by atoms with van der Waals surface area (Å²) in [6.45, 7) is 3.03. The van der Waals surface area contributed by atoms with Crippen LogP contribution in [0.3, 0.4) is 0 Å². The largest absolute Gasteiger partial charge is 0.486 e. The van der Waals surface area contributed by atoms with E-state index < -0.39 is 17.8 Å². The number of benzene rings is 1. The van der Waals surface area contributed by atoms with Crippen LogP contribution in [0.15, 0.2) is 18.2 Å². The predicted molar refractivity (Wildman–Crippen MR) is 77.8 cm³/mol. The molecule has 6 heteroatoms.